The van der Waals surface area contributed by atoms with Crippen LogP contribution < -0.4 is 5.32 Å². The number of hydrogen-bond acceptors (Lipinski definition) is 4. The Kier molecular flexibility index (Phi) is 3.84. The molecule has 1 aromatic carbocycles. The number of carbonyl (C=O) groups excluding carboxylic acids is 1. The average molecular weight is 325 g/mol. The highest BCUT2D eigenvalue weighted by atomic mass is 16.2. The van der Waals surface area contributed by atoms with Gasteiger partial charge in [0.15, 0.2) is 0 Å². The number of aryl methyl sites for hydroxylation is 2. The van der Waals surface area contributed by atoms with Crippen molar-refractivity contribution in [3.8, 4) is 0 Å². The molecule has 2 aliphatic heterocycles. The van der Waals surface area contributed by atoms with Crippen LogP contribution in [0.5, 0.6) is 0 Å². The van der Waals surface area contributed by atoms with Gasteiger partial charge < -0.3 is 10.2 Å². The molecule has 0 bridgehead atoms. The number of rotatable bonds is 3. The number of nitrogens with zero attached hydrogens (tertiary/aromatic N) is 4. The van der Waals surface area contributed by atoms with Crippen LogP contribution in [0.25, 0.3) is 0 Å². The summed E-state index contributed by atoms with van der Waals surface area (Å²) in [5.41, 5.74) is 1.23. The maximum Gasteiger partial charge on any atom is 0.244 e. The molecule has 1 aromatic heterocycles. The summed E-state index contributed by atoms with van der Waals surface area (Å²) in [6.07, 6.45) is 0. The van der Waals surface area contributed by atoms with E-state index in [1.165, 1.54) is 5.56 Å². The predicted octanol–water partition coefficient (Wildman–Crippen LogP) is 1.31. The van der Waals surface area contributed by atoms with Crippen LogP contribution >= 0.6 is 0 Å². The molecule has 0 spiro atoms. The van der Waals surface area contributed by atoms with Gasteiger partial charge in [-0.05, 0) is 25.3 Å². The minimum atomic E-state index is 0.131. The molecule has 1 amide bonds. The number of fused-ring (bicyclic) bond motifs is 1. The van der Waals surface area contributed by atoms with Crippen LogP contribution in [0.15, 0.2) is 30.3 Å². The van der Waals surface area contributed by atoms with Gasteiger partial charge in [0.1, 0.15) is 18.2 Å². The van der Waals surface area contributed by atoms with Crippen LogP contribution in [-0.2, 0) is 11.3 Å². The van der Waals surface area contributed by atoms with Crippen molar-refractivity contribution in [3.05, 3.63) is 47.5 Å². The van der Waals surface area contributed by atoms with Gasteiger partial charge in [-0.2, -0.15) is 5.10 Å². The summed E-state index contributed by atoms with van der Waals surface area (Å²) in [5.74, 6) is 2.67. The lowest BCUT2D eigenvalue weighted by atomic mass is 9.89. The Bertz CT molecular complexity index is 741. The molecule has 0 aliphatic carbocycles. The van der Waals surface area contributed by atoms with Crippen LogP contribution in [0.4, 0.5) is 0 Å². The number of carbonyl (C=O) groups is 1. The number of amides is 1. The fraction of sp³-hybridized carbons (Fsp3) is 0.500. The van der Waals surface area contributed by atoms with E-state index in [0.29, 0.717) is 17.7 Å². The number of nitrogens with one attached hydrogen (secondary N) is 1. The molecular formula is C18H23N5O. The van der Waals surface area contributed by atoms with E-state index >= 15 is 0 Å². The highest BCUT2D eigenvalue weighted by Crippen LogP contribution is 2.42. The van der Waals surface area contributed by atoms with Crippen molar-refractivity contribution in [2.75, 3.05) is 19.6 Å². The Balaban J connectivity index is 1.60. The minimum absolute atomic E-state index is 0.131. The first-order valence-corrected chi connectivity index (χ1v) is 8.56. The predicted molar refractivity (Wildman–Crippen MR) is 90.2 cm³/mol. The fourth-order valence-electron chi connectivity index (χ4n) is 4.18. The zero-order chi connectivity index (χ0) is 16.7. The molecule has 24 heavy (non-hydrogen) atoms. The summed E-state index contributed by atoms with van der Waals surface area (Å²) in [6.45, 7) is 6.82. The molecule has 3 heterocycles. The van der Waals surface area contributed by atoms with Crippen molar-refractivity contribution in [3.63, 3.8) is 0 Å². The maximum absolute atomic E-state index is 13.0. The molecule has 126 valence electrons. The smallest absolute Gasteiger partial charge is 0.244 e. The molecule has 6 heteroatoms. The number of likely N-dealkylation sites (tertiary alicyclic amines) is 1. The second-order valence-corrected chi connectivity index (χ2v) is 6.85. The molecule has 2 aromatic rings. The molecule has 6 nitrogen and oxygen atoms in total. The van der Waals surface area contributed by atoms with E-state index in [0.717, 1.165) is 25.5 Å². The molecule has 3 atom stereocenters. The van der Waals surface area contributed by atoms with Crippen molar-refractivity contribution >= 4 is 5.91 Å². The molecule has 0 radical (unpaired) electrons. The Morgan fingerprint density at radius 3 is 2.75 bits per heavy atom. The van der Waals surface area contributed by atoms with Gasteiger partial charge in [0.2, 0.25) is 5.91 Å². The molecule has 1 N–H and O–H groups in total. The molecule has 2 saturated heterocycles. The van der Waals surface area contributed by atoms with E-state index in [9.17, 15) is 4.79 Å². The van der Waals surface area contributed by atoms with Crippen LogP contribution in [0.1, 0.15) is 23.3 Å². The zero-order valence-electron chi connectivity index (χ0n) is 14.1. The van der Waals surface area contributed by atoms with E-state index < -0.39 is 0 Å². The van der Waals surface area contributed by atoms with Crippen LogP contribution in [0.3, 0.4) is 0 Å². The molecule has 0 saturated carbocycles. The Morgan fingerprint density at radius 1 is 1.25 bits per heavy atom. The molecule has 0 unspecified atom stereocenters. The van der Waals surface area contributed by atoms with Crippen molar-refractivity contribution in [2.24, 2.45) is 11.8 Å². The van der Waals surface area contributed by atoms with Crippen LogP contribution in [0.2, 0.25) is 0 Å². The van der Waals surface area contributed by atoms with Crippen molar-refractivity contribution in [1.82, 2.24) is 25.0 Å². The molecular weight excluding hydrogens is 302 g/mol. The topological polar surface area (TPSA) is 63.1 Å². The van der Waals surface area contributed by atoms with Crippen molar-refractivity contribution in [2.45, 2.75) is 26.4 Å². The lowest BCUT2D eigenvalue weighted by Gasteiger charge is -2.28. The van der Waals surface area contributed by atoms with Gasteiger partial charge in [-0.3, -0.25) is 4.79 Å². The number of hydrogen-bond donors (Lipinski definition) is 1. The molecule has 4 rings (SSSR count). The fourth-order valence-corrected chi connectivity index (χ4v) is 4.18. The third-order valence-corrected chi connectivity index (χ3v) is 5.27. The number of benzene rings is 1. The Morgan fingerprint density at radius 2 is 2.04 bits per heavy atom. The maximum atomic E-state index is 13.0. The van der Waals surface area contributed by atoms with Gasteiger partial charge in [-0.25, -0.2) is 9.67 Å². The minimum Gasteiger partial charge on any atom is -0.333 e. The third-order valence-electron chi connectivity index (χ3n) is 5.27. The zero-order valence-corrected chi connectivity index (χ0v) is 14.1. The van der Waals surface area contributed by atoms with Crippen LogP contribution in [0, 0.1) is 25.7 Å². The van der Waals surface area contributed by atoms with E-state index in [2.05, 4.69) is 44.6 Å². The summed E-state index contributed by atoms with van der Waals surface area (Å²) in [6, 6.07) is 10.6. The first-order chi connectivity index (χ1) is 11.6. The quantitative estimate of drug-likeness (QED) is 0.924. The van der Waals surface area contributed by atoms with E-state index in [1.54, 1.807) is 4.68 Å². The number of aromatic nitrogens is 3. The van der Waals surface area contributed by atoms with Crippen LogP contribution in [-0.4, -0.2) is 45.2 Å². The standard InChI is InChI=1S/C18H23N5O/c1-12-20-13(2)23(21-12)11-17(24)22-10-15-8-19-9-16(15)18(22)14-6-4-3-5-7-14/h3-7,15-16,18-19H,8-11H2,1-2H3/t15-,16-,18+/m0/s1. The van der Waals surface area contributed by atoms with Crippen molar-refractivity contribution < 1.29 is 4.79 Å². The largest absolute Gasteiger partial charge is 0.333 e. The van der Waals surface area contributed by atoms with Crippen molar-refractivity contribution in [1.29, 1.82) is 0 Å². The van der Waals surface area contributed by atoms with Gasteiger partial charge >= 0.3 is 0 Å². The first-order valence-electron chi connectivity index (χ1n) is 8.56. The summed E-state index contributed by atoms with van der Waals surface area (Å²) in [5, 5.41) is 7.82. The monoisotopic (exact) mass is 325 g/mol. The summed E-state index contributed by atoms with van der Waals surface area (Å²) >= 11 is 0. The first kappa shape index (κ1) is 15.3. The van der Waals surface area contributed by atoms with E-state index in [-0.39, 0.29) is 18.5 Å². The van der Waals surface area contributed by atoms with Gasteiger partial charge in [-0.1, -0.05) is 30.3 Å². The second-order valence-electron chi connectivity index (χ2n) is 6.85. The summed E-state index contributed by atoms with van der Waals surface area (Å²) in [7, 11) is 0. The second kappa shape index (κ2) is 6.02. The lowest BCUT2D eigenvalue weighted by molar-refractivity contribution is -0.133. The average Bonchev–Trinajstić information content (AvgIpc) is 3.22. The highest BCUT2D eigenvalue weighted by molar-refractivity contribution is 5.77. The lowest BCUT2D eigenvalue weighted by Crippen LogP contribution is -2.37. The van der Waals surface area contributed by atoms with Gasteiger partial charge in [0, 0.05) is 25.6 Å². The van der Waals surface area contributed by atoms with E-state index in [1.807, 2.05) is 19.9 Å². The van der Waals surface area contributed by atoms with Gasteiger partial charge in [0.25, 0.3) is 0 Å². The third kappa shape index (κ3) is 2.60. The van der Waals surface area contributed by atoms with Gasteiger partial charge in [0.05, 0.1) is 6.04 Å². The highest BCUT2D eigenvalue weighted by Gasteiger charge is 2.46. The molecule has 2 fully saturated rings. The molecule has 2 aliphatic rings. The summed E-state index contributed by atoms with van der Waals surface area (Å²) in [4.78, 5) is 19.4. The Labute approximate surface area is 141 Å². The van der Waals surface area contributed by atoms with E-state index in [4.69, 9.17) is 0 Å². The Hall–Kier alpha value is -2.21. The SMILES string of the molecule is Cc1nc(C)n(CC(=O)N2C[C@@H]3CNC[C@@H]3[C@H]2c2ccccc2)n1. The summed E-state index contributed by atoms with van der Waals surface area (Å²) < 4.78 is 1.71. The normalized spacial score (nSPS) is 25.9. The van der Waals surface area contributed by atoms with Gasteiger partial charge in [-0.15, -0.1) is 0 Å².